The van der Waals surface area contributed by atoms with E-state index in [0.717, 1.165) is 17.1 Å². The zero-order valence-electron chi connectivity index (χ0n) is 58.2. The molecule has 3 aromatic carbocycles. The van der Waals surface area contributed by atoms with Gasteiger partial charge >= 0.3 is 23.9 Å². The molecule has 7 heterocycles. The van der Waals surface area contributed by atoms with E-state index in [9.17, 15) is 33.6 Å². The minimum absolute atomic E-state index is 0.00144. The Labute approximate surface area is 649 Å². The van der Waals surface area contributed by atoms with E-state index in [0.29, 0.717) is 78.8 Å². The van der Waals surface area contributed by atoms with Gasteiger partial charge in [-0.2, -0.15) is 9.97 Å². The minimum atomic E-state index is -1.05. The van der Waals surface area contributed by atoms with Crippen LogP contribution in [0.3, 0.4) is 0 Å². The smallest absolute Gasteiger partial charge is 0.346 e. The summed E-state index contributed by atoms with van der Waals surface area (Å²) in [7, 11) is 0. The molecular formula is C66H68Cl4N22O11S4. The number of allylic oxidation sites excluding steroid dienone is 1. The molecule has 33 nitrogen and oxygen atoms in total. The van der Waals surface area contributed by atoms with Crippen LogP contribution in [0, 0.1) is 5.92 Å². The van der Waals surface area contributed by atoms with Gasteiger partial charge in [0.1, 0.15) is 58.8 Å². The van der Waals surface area contributed by atoms with E-state index in [-0.39, 0.29) is 73.6 Å². The molecule has 4 amide bonds. The van der Waals surface area contributed by atoms with Crippen LogP contribution in [0.2, 0.25) is 21.0 Å². The van der Waals surface area contributed by atoms with Crippen molar-refractivity contribution >= 4 is 186 Å². The normalized spacial score (nSPS) is 10.4. The number of esters is 2. The maximum absolute atomic E-state index is 11.4. The molecule has 41 heteroatoms. The number of carboxylic acids is 1. The van der Waals surface area contributed by atoms with Gasteiger partial charge in [0.2, 0.25) is 39.6 Å². The van der Waals surface area contributed by atoms with Crippen molar-refractivity contribution in [2.45, 2.75) is 54.7 Å². The topological polar surface area (TPSA) is 465 Å². The molecule has 0 radical (unpaired) electrons. The van der Waals surface area contributed by atoms with Gasteiger partial charge in [-0.1, -0.05) is 72.4 Å². The SMILES string of the molecule is C=CC(=C)[C@H](C)CNc1ccnc(Nc2cccc(NC(C)=O)c2)n1.CCOC(=O)c1cnc(Cl)nc1Cl.CCOC(=O)c1cnc(Cl)nc1SC.CSc1nc(Cl)ncc1C(=O)O.CSc1nc(Nc2cccc(NC(C)=O)c2)ncc1C(N)=O.CSc1nc(On2nnc3ccccc32)ncc1C(N)=O. The van der Waals surface area contributed by atoms with Gasteiger partial charge in [0.25, 0.3) is 11.8 Å². The molecule has 107 heavy (non-hydrogen) atoms. The van der Waals surface area contributed by atoms with Gasteiger partial charge in [0.15, 0.2) is 0 Å². The summed E-state index contributed by atoms with van der Waals surface area (Å²) in [6.07, 6.45) is 17.1. The van der Waals surface area contributed by atoms with E-state index in [1.54, 1.807) is 69.3 Å². The van der Waals surface area contributed by atoms with E-state index in [1.807, 2.05) is 60.7 Å². The fraction of sp³-hybridized carbons (Fsp3) is 0.197. The van der Waals surface area contributed by atoms with E-state index in [4.69, 9.17) is 77.3 Å². The number of aromatic nitrogens is 15. The maximum Gasteiger partial charge on any atom is 0.346 e. The van der Waals surface area contributed by atoms with Crippen molar-refractivity contribution in [2.75, 3.05) is 71.4 Å². The standard InChI is InChI=1S/C19H23N5O.C14H15N5O2S.C12H10N6O2S.C8H9ClN2O2S.C7H6Cl2N2O2.C6H5ClN2O2S/c1-5-13(2)14(3)12-21-18-9-10-20-19(24-18)23-17-8-6-7-16(11-17)22-15(4)25;1-8(20)17-9-4-3-5-10(6-9)18-14-16-7-11(12(15)21)13(19-14)22-2;1-21-11-7(10(13)19)6-14-12(15-11)20-18-9-5-3-2-4-8(9)16-17-18;1-3-13-7(12)5-4-10-8(9)11-6(5)14-2;1-2-13-6(12)4-3-10-7(9)11-5(4)8;1-12-4-3(5(10)11)2-8-6(7)9-4/h5-11,14H,1-2,12H2,3-4H3,(H,22,25)(H2,20,21,23,24);3-7H,1-2H3,(H2,15,21)(H,17,20)(H,16,18,19);2-6H,1H3,(H2,13,19);4H,3H2,1-2H3;3H,2H2,1H3;2H,1H3,(H,10,11)/t14-;;;;;/m1...../s1. The maximum atomic E-state index is 11.4. The zero-order valence-corrected chi connectivity index (χ0v) is 64.5. The van der Waals surface area contributed by atoms with Gasteiger partial charge < -0.3 is 57.5 Å². The van der Waals surface area contributed by atoms with E-state index in [1.165, 1.54) is 96.7 Å². The average Bonchev–Trinajstić information content (AvgIpc) is 1.34. The number of benzene rings is 3. The van der Waals surface area contributed by atoms with Gasteiger partial charge in [-0.15, -0.1) is 52.1 Å². The number of thioether (sulfide) groups is 4. The van der Waals surface area contributed by atoms with Crippen LogP contribution in [-0.2, 0) is 19.1 Å². The van der Waals surface area contributed by atoms with E-state index >= 15 is 0 Å². The number of nitrogens with one attached hydrogen (secondary N) is 5. The lowest BCUT2D eigenvalue weighted by atomic mass is 10.0. The van der Waals surface area contributed by atoms with Gasteiger partial charge in [-0.05, 0) is 139 Å². The summed E-state index contributed by atoms with van der Waals surface area (Å²) >= 11 is 27.3. The van der Waals surface area contributed by atoms with E-state index in [2.05, 4.69) is 117 Å². The molecule has 10 aromatic rings. The number of nitrogens with zero attached hydrogens (tertiary/aromatic N) is 15. The van der Waals surface area contributed by atoms with Crippen LogP contribution < -0.4 is 42.9 Å². The lowest BCUT2D eigenvalue weighted by Gasteiger charge is -2.14. The number of aromatic carboxylic acids is 1. The second kappa shape index (κ2) is 44.8. The molecule has 560 valence electrons. The predicted molar refractivity (Wildman–Crippen MR) is 414 cm³/mol. The number of hydrogen-bond donors (Lipinski definition) is 8. The number of primary amides is 2. The average molecular weight is 1620 g/mol. The number of carbonyl (C=O) groups excluding carboxylic acids is 6. The van der Waals surface area contributed by atoms with Crippen molar-refractivity contribution in [1.82, 2.24) is 75.0 Å². The van der Waals surface area contributed by atoms with Crippen LogP contribution in [0.25, 0.3) is 11.0 Å². The summed E-state index contributed by atoms with van der Waals surface area (Å²) < 4.78 is 9.54. The number of ether oxygens (including phenoxy) is 2. The van der Waals surface area contributed by atoms with Crippen molar-refractivity contribution in [3.05, 3.63) is 190 Å². The van der Waals surface area contributed by atoms with Crippen molar-refractivity contribution in [3.8, 4) is 6.01 Å². The molecule has 10 N–H and O–H groups in total. The molecule has 0 unspecified atom stereocenters. The Kier molecular flexibility index (Phi) is 36.3. The summed E-state index contributed by atoms with van der Waals surface area (Å²) in [4.78, 5) is 132. The van der Waals surface area contributed by atoms with Crippen LogP contribution >= 0.6 is 93.5 Å². The molecule has 1 atom stereocenters. The first kappa shape index (κ1) is 86.7. The first-order valence-corrected chi connectivity index (χ1v) is 37.0. The Morgan fingerprint density at radius 3 is 1.56 bits per heavy atom. The number of halogens is 4. The fourth-order valence-corrected chi connectivity index (χ4v) is 10.7. The number of hydrogen-bond acceptors (Lipinski definition) is 31. The van der Waals surface area contributed by atoms with Crippen LogP contribution in [0.15, 0.2) is 161 Å². The van der Waals surface area contributed by atoms with Gasteiger partial charge in [0, 0.05) is 80.3 Å². The van der Waals surface area contributed by atoms with E-state index < -0.39 is 29.7 Å². The van der Waals surface area contributed by atoms with Crippen LogP contribution in [0.5, 0.6) is 6.01 Å². The predicted octanol–water partition coefficient (Wildman–Crippen LogP) is 12.4. The van der Waals surface area contributed by atoms with Crippen LogP contribution in [0.4, 0.5) is 40.5 Å². The number of para-hydroxylation sites is 1. The molecule has 10 rings (SSSR count). The molecule has 0 bridgehead atoms. The number of carbonyl (C=O) groups is 7. The molecule has 0 fully saturated rings. The molecule has 0 spiro atoms. The van der Waals surface area contributed by atoms with Gasteiger partial charge in [-0.25, -0.2) is 64.2 Å². The molecule has 0 aliphatic rings. The van der Waals surface area contributed by atoms with Crippen molar-refractivity contribution in [3.63, 3.8) is 0 Å². The first-order chi connectivity index (χ1) is 51.1. The van der Waals surface area contributed by atoms with Crippen LogP contribution in [-0.4, -0.2) is 166 Å². The third kappa shape index (κ3) is 28.8. The summed E-state index contributed by atoms with van der Waals surface area (Å²) in [6.45, 7) is 17.4. The summed E-state index contributed by atoms with van der Waals surface area (Å²) in [5.74, 6) is -1.64. The second-order valence-corrected chi connectivity index (χ2v) is 24.8. The number of carboxylic acid groups (broad SMARTS) is 1. The Bertz CT molecular complexity index is 4790. The lowest BCUT2D eigenvalue weighted by Crippen LogP contribution is -2.15. The molecule has 7 aromatic heterocycles. The molecule has 0 aliphatic carbocycles. The monoisotopic (exact) mass is 1610 g/mol. The van der Waals surface area contributed by atoms with Crippen molar-refractivity contribution in [2.24, 2.45) is 17.4 Å². The second-order valence-electron chi connectivity index (χ2n) is 20.3. The largest absolute Gasteiger partial charge is 0.478 e. The Morgan fingerprint density at radius 1 is 0.579 bits per heavy atom. The van der Waals surface area contributed by atoms with Crippen molar-refractivity contribution < 1.29 is 53.0 Å². The highest BCUT2D eigenvalue weighted by molar-refractivity contribution is 7.99. The fourth-order valence-electron chi connectivity index (χ4n) is 7.77. The Hall–Kier alpha value is -10.9. The number of amides is 4. The quantitative estimate of drug-likeness (QED) is 0.00915. The van der Waals surface area contributed by atoms with Crippen molar-refractivity contribution in [1.29, 1.82) is 0 Å². The highest BCUT2D eigenvalue weighted by Crippen LogP contribution is 2.26. The Morgan fingerprint density at radius 2 is 1.05 bits per heavy atom. The van der Waals surface area contributed by atoms with Gasteiger partial charge in [0.05, 0.1) is 24.3 Å². The lowest BCUT2D eigenvalue weighted by molar-refractivity contribution is -0.115. The number of rotatable bonds is 24. The molecule has 0 saturated carbocycles. The first-order valence-electron chi connectivity index (χ1n) is 30.6. The molecule has 0 aliphatic heterocycles. The number of fused-ring (bicyclic) bond motifs is 1. The summed E-state index contributed by atoms with van der Waals surface area (Å²) in [5, 5.41) is 33.4. The highest BCUT2D eigenvalue weighted by atomic mass is 35.5. The summed E-state index contributed by atoms with van der Waals surface area (Å²) in [5.41, 5.74) is 16.8. The zero-order chi connectivity index (χ0) is 78.7. The third-order valence-electron chi connectivity index (χ3n) is 12.7. The third-order valence-corrected chi connectivity index (χ3v) is 16.3. The summed E-state index contributed by atoms with van der Waals surface area (Å²) in [6, 6.07) is 23.7. The highest BCUT2D eigenvalue weighted by Gasteiger charge is 2.19. The molecule has 0 saturated heterocycles. The van der Waals surface area contributed by atoms with Crippen LogP contribution in [0.1, 0.15) is 86.4 Å². The minimum Gasteiger partial charge on any atom is -0.478 e. The number of anilines is 7. The molecular weight excluding hydrogens is 1550 g/mol. The number of nitrogens with two attached hydrogens (primary N) is 2. The van der Waals surface area contributed by atoms with Gasteiger partial charge in [-0.3, -0.25) is 19.2 Å². The Balaban J connectivity index is 0.000000235.